The van der Waals surface area contributed by atoms with Gasteiger partial charge in [-0.3, -0.25) is 9.79 Å². The number of aryl methyl sites for hydroxylation is 1. The van der Waals surface area contributed by atoms with E-state index in [0.29, 0.717) is 36.7 Å². The van der Waals surface area contributed by atoms with Gasteiger partial charge >= 0.3 is 0 Å². The van der Waals surface area contributed by atoms with E-state index in [0.717, 1.165) is 0 Å². The number of nitrogens with one attached hydrogen (secondary N) is 3. The maximum absolute atomic E-state index is 13.5. The van der Waals surface area contributed by atoms with Crippen LogP contribution in [0.5, 0.6) is 0 Å². The first-order chi connectivity index (χ1) is 11.3. The van der Waals surface area contributed by atoms with Crippen molar-refractivity contribution < 1.29 is 13.9 Å². The highest BCUT2D eigenvalue weighted by molar-refractivity contribution is 14.0. The average molecular weight is 466 g/mol. The lowest BCUT2D eigenvalue weighted by molar-refractivity contribution is 0.0268. The topological polar surface area (TPSA) is 74.8 Å². The Balaban J connectivity index is 0.00000576. The van der Waals surface area contributed by atoms with Gasteiger partial charge in [-0.1, -0.05) is 6.07 Å². The summed E-state index contributed by atoms with van der Waals surface area (Å²) in [5.41, 5.74) is 0.519. The number of aliphatic imine (C=N–C) groups is 1. The van der Waals surface area contributed by atoms with Crippen LogP contribution in [0.1, 0.15) is 29.8 Å². The van der Waals surface area contributed by atoms with Crippen LogP contribution >= 0.6 is 24.0 Å². The van der Waals surface area contributed by atoms with Crippen LogP contribution in [0.15, 0.2) is 23.2 Å². The van der Waals surface area contributed by atoms with Gasteiger partial charge in [0, 0.05) is 39.4 Å². The van der Waals surface area contributed by atoms with Crippen molar-refractivity contribution in [3.05, 3.63) is 35.1 Å². The molecule has 1 aromatic carbocycles. The Kier molecular flexibility index (Phi) is 10.6. The minimum atomic E-state index is -0.383. The van der Waals surface area contributed by atoms with Crippen molar-refractivity contribution in [3.8, 4) is 0 Å². The second kappa shape index (κ2) is 11.2. The number of carbonyl (C=O) groups excluding carboxylic acids is 1. The number of benzene rings is 1. The molecule has 0 aliphatic heterocycles. The molecule has 0 radical (unpaired) electrons. The molecule has 6 nitrogen and oxygen atoms in total. The summed E-state index contributed by atoms with van der Waals surface area (Å²) in [4.78, 5) is 16.0. The standard InChI is InChI=1S/C17H27FN4O2.HI/c1-12-6-7-13(10-14(12)18)15(23)20-8-9-21-16(19-4)22-11-17(2,3)24-5;/h6-7,10H,8-9,11H2,1-5H3,(H,20,23)(H2,19,21,22);1H. The van der Waals surface area contributed by atoms with E-state index in [1.165, 1.54) is 6.07 Å². The normalized spacial score (nSPS) is 11.5. The van der Waals surface area contributed by atoms with E-state index in [1.807, 2.05) is 13.8 Å². The van der Waals surface area contributed by atoms with Crippen LogP contribution in [0, 0.1) is 12.7 Å². The summed E-state index contributed by atoms with van der Waals surface area (Å²) in [6.45, 7) is 7.07. The van der Waals surface area contributed by atoms with Crippen molar-refractivity contribution in [2.75, 3.05) is 33.8 Å². The van der Waals surface area contributed by atoms with Crippen LogP contribution in [0.2, 0.25) is 0 Å². The van der Waals surface area contributed by atoms with E-state index in [-0.39, 0.29) is 41.3 Å². The summed E-state index contributed by atoms with van der Waals surface area (Å²) in [5.74, 6) is -0.0685. The number of hydrogen-bond donors (Lipinski definition) is 3. The third-order valence-corrected chi connectivity index (χ3v) is 3.59. The predicted octanol–water partition coefficient (Wildman–Crippen LogP) is 2.07. The molecule has 1 rings (SSSR count). The Morgan fingerprint density at radius 1 is 1.24 bits per heavy atom. The molecule has 0 bridgehead atoms. The second-order valence-corrected chi connectivity index (χ2v) is 6.04. The molecule has 0 heterocycles. The van der Waals surface area contributed by atoms with E-state index >= 15 is 0 Å². The molecule has 142 valence electrons. The Labute approximate surface area is 166 Å². The minimum absolute atomic E-state index is 0. The fourth-order valence-corrected chi connectivity index (χ4v) is 1.78. The number of hydrogen-bond acceptors (Lipinski definition) is 3. The van der Waals surface area contributed by atoms with Crippen molar-refractivity contribution in [1.82, 2.24) is 16.0 Å². The Bertz CT molecular complexity index is 594. The van der Waals surface area contributed by atoms with Gasteiger partial charge in [0.2, 0.25) is 0 Å². The van der Waals surface area contributed by atoms with Gasteiger partial charge in [0.25, 0.3) is 5.91 Å². The molecule has 0 fully saturated rings. The molecule has 0 saturated heterocycles. The number of carbonyl (C=O) groups is 1. The van der Waals surface area contributed by atoms with E-state index < -0.39 is 0 Å². The van der Waals surface area contributed by atoms with Crippen LogP contribution in [0.3, 0.4) is 0 Å². The first-order valence-electron chi connectivity index (χ1n) is 7.83. The van der Waals surface area contributed by atoms with Gasteiger partial charge in [0.15, 0.2) is 5.96 Å². The largest absolute Gasteiger partial charge is 0.377 e. The van der Waals surface area contributed by atoms with Gasteiger partial charge in [0.1, 0.15) is 5.82 Å². The molecule has 0 aromatic heterocycles. The number of ether oxygens (including phenoxy) is 1. The molecule has 0 atom stereocenters. The van der Waals surface area contributed by atoms with E-state index in [2.05, 4.69) is 20.9 Å². The summed E-state index contributed by atoms with van der Waals surface area (Å²) >= 11 is 0. The van der Waals surface area contributed by atoms with Crippen molar-refractivity contribution in [3.63, 3.8) is 0 Å². The van der Waals surface area contributed by atoms with Crippen LogP contribution in [-0.2, 0) is 4.74 Å². The van der Waals surface area contributed by atoms with Crippen LogP contribution in [0.25, 0.3) is 0 Å². The molecule has 8 heteroatoms. The lowest BCUT2D eigenvalue weighted by Crippen LogP contribution is -2.46. The second-order valence-electron chi connectivity index (χ2n) is 6.04. The van der Waals surface area contributed by atoms with E-state index in [4.69, 9.17) is 4.74 Å². The molecule has 0 spiro atoms. The molecule has 0 saturated carbocycles. The van der Waals surface area contributed by atoms with Gasteiger partial charge in [-0.15, -0.1) is 24.0 Å². The zero-order valence-electron chi connectivity index (χ0n) is 15.4. The molecule has 1 aromatic rings. The number of rotatable bonds is 7. The SMILES string of the molecule is CN=C(NCCNC(=O)c1ccc(C)c(F)c1)NCC(C)(C)OC.I. The lowest BCUT2D eigenvalue weighted by Gasteiger charge is -2.24. The maximum Gasteiger partial charge on any atom is 0.251 e. The fraction of sp³-hybridized carbons (Fsp3) is 0.529. The monoisotopic (exact) mass is 466 g/mol. The highest BCUT2D eigenvalue weighted by atomic mass is 127. The minimum Gasteiger partial charge on any atom is -0.377 e. The van der Waals surface area contributed by atoms with Crippen molar-refractivity contribution in [2.45, 2.75) is 26.4 Å². The Morgan fingerprint density at radius 3 is 2.44 bits per heavy atom. The summed E-state index contributed by atoms with van der Waals surface area (Å²) in [5, 5.41) is 8.97. The smallest absolute Gasteiger partial charge is 0.251 e. The maximum atomic E-state index is 13.5. The van der Waals surface area contributed by atoms with Gasteiger partial charge in [-0.25, -0.2) is 4.39 Å². The van der Waals surface area contributed by atoms with Gasteiger partial charge in [-0.2, -0.15) is 0 Å². The number of amides is 1. The summed E-state index contributed by atoms with van der Waals surface area (Å²) in [6, 6.07) is 4.44. The Morgan fingerprint density at radius 2 is 1.88 bits per heavy atom. The number of halogens is 2. The van der Waals surface area contributed by atoms with Gasteiger partial charge in [0.05, 0.1) is 5.60 Å². The highest BCUT2D eigenvalue weighted by Crippen LogP contribution is 2.08. The van der Waals surface area contributed by atoms with E-state index in [9.17, 15) is 9.18 Å². The molecular weight excluding hydrogens is 438 g/mol. The molecule has 1 amide bonds. The highest BCUT2D eigenvalue weighted by Gasteiger charge is 2.16. The fourth-order valence-electron chi connectivity index (χ4n) is 1.78. The zero-order chi connectivity index (χ0) is 18.2. The van der Waals surface area contributed by atoms with E-state index in [1.54, 1.807) is 33.2 Å². The molecular formula is C17H28FIN4O2. The van der Waals surface area contributed by atoms with Crippen LogP contribution in [-0.4, -0.2) is 51.3 Å². The third kappa shape index (κ3) is 8.48. The quantitative estimate of drug-likeness (QED) is 0.249. The van der Waals surface area contributed by atoms with Crippen LogP contribution < -0.4 is 16.0 Å². The van der Waals surface area contributed by atoms with Gasteiger partial charge < -0.3 is 20.7 Å². The predicted molar refractivity (Wildman–Crippen MR) is 109 cm³/mol. The number of methoxy groups -OCH3 is 1. The summed E-state index contributed by atoms with van der Waals surface area (Å²) in [7, 11) is 3.32. The molecule has 0 aliphatic rings. The van der Waals surface area contributed by atoms with Crippen molar-refractivity contribution in [1.29, 1.82) is 0 Å². The van der Waals surface area contributed by atoms with Crippen molar-refractivity contribution in [2.24, 2.45) is 4.99 Å². The Hall–Kier alpha value is -1.42. The summed E-state index contributed by atoms with van der Waals surface area (Å²) in [6.07, 6.45) is 0. The first-order valence-corrected chi connectivity index (χ1v) is 7.83. The molecule has 0 unspecified atom stereocenters. The molecule has 0 aliphatic carbocycles. The molecule has 3 N–H and O–H groups in total. The third-order valence-electron chi connectivity index (χ3n) is 3.59. The number of nitrogens with zero attached hydrogens (tertiary/aromatic N) is 1. The number of guanidine groups is 1. The summed E-state index contributed by atoms with van der Waals surface area (Å²) < 4.78 is 18.8. The van der Waals surface area contributed by atoms with Gasteiger partial charge in [-0.05, 0) is 38.5 Å². The van der Waals surface area contributed by atoms with Crippen molar-refractivity contribution >= 4 is 35.8 Å². The molecule has 25 heavy (non-hydrogen) atoms. The average Bonchev–Trinajstić information content (AvgIpc) is 2.56. The zero-order valence-corrected chi connectivity index (χ0v) is 17.7. The lowest BCUT2D eigenvalue weighted by atomic mass is 10.1. The first kappa shape index (κ1) is 23.6. The van der Waals surface area contributed by atoms with Crippen LogP contribution in [0.4, 0.5) is 4.39 Å².